The molecule has 1 amide bonds. The first kappa shape index (κ1) is 14.4. The fraction of sp³-hybridized carbons (Fsp3) is 0.400. The average molecular weight is 275 g/mol. The molecule has 0 radical (unpaired) electrons. The Morgan fingerprint density at radius 2 is 2.05 bits per heavy atom. The van der Waals surface area contributed by atoms with E-state index < -0.39 is 5.82 Å². The van der Waals surface area contributed by atoms with Crippen LogP contribution in [0.4, 0.5) is 10.1 Å². The van der Waals surface area contributed by atoms with Crippen molar-refractivity contribution in [2.45, 2.75) is 6.92 Å². The van der Waals surface area contributed by atoms with Gasteiger partial charge in [0.15, 0.2) is 0 Å². The zero-order valence-electron chi connectivity index (χ0n) is 11.5. The third-order valence-corrected chi connectivity index (χ3v) is 3.61. The van der Waals surface area contributed by atoms with Gasteiger partial charge >= 0.3 is 0 Å². The Balaban J connectivity index is 2.08. The number of carbonyl (C=O) groups is 1. The molecule has 1 heterocycles. The first-order valence-electron chi connectivity index (χ1n) is 6.53. The molecule has 1 aromatic rings. The fourth-order valence-electron chi connectivity index (χ4n) is 2.24. The third kappa shape index (κ3) is 2.91. The van der Waals surface area contributed by atoms with Gasteiger partial charge in [-0.1, -0.05) is 5.92 Å². The molecule has 106 valence electrons. The van der Waals surface area contributed by atoms with Gasteiger partial charge in [0.2, 0.25) is 0 Å². The quantitative estimate of drug-likeness (QED) is 0.650. The van der Waals surface area contributed by atoms with Crippen LogP contribution in [0.3, 0.4) is 0 Å². The molecule has 5 heteroatoms. The minimum atomic E-state index is -0.445. The highest BCUT2D eigenvalue weighted by molar-refractivity contribution is 5.95. The summed E-state index contributed by atoms with van der Waals surface area (Å²) in [5.74, 6) is 1.96. The monoisotopic (exact) mass is 275 g/mol. The van der Waals surface area contributed by atoms with Gasteiger partial charge in [-0.2, -0.15) is 0 Å². The lowest BCUT2D eigenvalue weighted by Gasteiger charge is -2.33. The minimum Gasteiger partial charge on any atom is -0.398 e. The van der Waals surface area contributed by atoms with Gasteiger partial charge in [0.1, 0.15) is 5.82 Å². The molecule has 1 fully saturated rings. The van der Waals surface area contributed by atoms with Crippen LogP contribution >= 0.6 is 0 Å². The van der Waals surface area contributed by atoms with E-state index in [9.17, 15) is 9.18 Å². The summed E-state index contributed by atoms with van der Waals surface area (Å²) in [6.45, 7) is 4.84. The maximum atomic E-state index is 13.6. The van der Waals surface area contributed by atoms with Crippen molar-refractivity contribution in [2.24, 2.45) is 0 Å². The molecule has 1 aromatic carbocycles. The predicted molar refractivity (Wildman–Crippen MR) is 76.7 cm³/mol. The SMILES string of the molecule is C#CCN1CCN(C(=O)c2cc(N)c(C)c(F)c2)CC1. The number of nitrogens with zero attached hydrogens (tertiary/aromatic N) is 2. The van der Waals surface area contributed by atoms with Crippen LogP contribution in [0.15, 0.2) is 12.1 Å². The van der Waals surface area contributed by atoms with Crippen molar-refractivity contribution in [3.63, 3.8) is 0 Å². The number of nitrogens with two attached hydrogens (primary N) is 1. The summed E-state index contributed by atoms with van der Waals surface area (Å²) in [6, 6.07) is 2.79. The Labute approximate surface area is 118 Å². The van der Waals surface area contributed by atoms with Crippen LogP contribution in [0.25, 0.3) is 0 Å². The molecule has 0 saturated carbocycles. The molecule has 0 aromatic heterocycles. The number of hydrogen-bond donors (Lipinski definition) is 1. The summed E-state index contributed by atoms with van der Waals surface area (Å²) >= 11 is 0. The van der Waals surface area contributed by atoms with E-state index in [0.29, 0.717) is 36.4 Å². The largest absolute Gasteiger partial charge is 0.398 e. The highest BCUT2D eigenvalue weighted by Crippen LogP contribution is 2.19. The van der Waals surface area contributed by atoms with Gasteiger partial charge in [0, 0.05) is 43.0 Å². The highest BCUT2D eigenvalue weighted by atomic mass is 19.1. The normalized spacial score (nSPS) is 15.9. The average Bonchev–Trinajstić information content (AvgIpc) is 2.44. The maximum Gasteiger partial charge on any atom is 0.254 e. The topological polar surface area (TPSA) is 49.6 Å². The molecular weight excluding hydrogens is 257 g/mol. The van der Waals surface area contributed by atoms with E-state index in [1.54, 1.807) is 11.8 Å². The molecule has 1 saturated heterocycles. The number of amides is 1. The van der Waals surface area contributed by atoms with Crippen LogP contribution in [0.2, 0.25) is 0 Å². The number of hydrogen-bond acceptors (Lipinski definition) is 3. The first-order chi connectivity index (χ1) is 9.52. The van der Waals surface area contributed by atoms with E-state index >= 15 is 0 Å². The van der Waals surface area contributed by atoms with E-state index in [1.807, 2.05) is 0 Å². The number of terminal acetylenes is 1. The van der Waals surface area contributed by atoms with Gasteiger partial charge in [-0.25, -0.2) is 4.39 Å². The van der Waals surface area contributed by atoms with Crippen molar-refractivity contribution in [3.8, 4) is 12.3 Å². The fourth-order valence-corrected chi connectivity index (χ4v) is 2.24. The second kappa shape index (κ2) is 5.93. The summed E-state index contributed by atoms with van der Waals surface area (Å²) < 4.78 is 13.6. The van der Waals surface area contributed by atoms with Crippen LogP contribution in [0, 0.1) is 25.1 Å². The number of halogens is 1. The molecule has 20 heavy (non-hydrogen) atoms. The summed E-state index contributed by atoms with van der Waals surface area (Å²) in [7, 11) is 0. The second-order valence-electron chi connectivity index (χ2n) is 4.94. The number of benzene rings is 1. The van der Waals surface area contributed by atoms with Crippen molar-refractivity contribution >= 4 is 11.6 Å². The zero-order valence-corrected chi connectivity index (χ0v) is 11.5. The summed E-state index contributed by atoms with van der Waals surface area (Å²) in [5.41, 5.74) is 6.69. The summed E-state index contributed by atoms with van der Waals surface area (Å²) in [6.07, 6.45) is 5.26. The van der Waals surface area contributed by atoms with Crippen molar-refractivity contribution in [3.05, 3.63) is 29.1 Å². The number of nitrogen functional groups attached to an aromatic ring is 1. The number of rotatable bonds is 2. The molecule has 0 unspecified atom stereocenters. The van der Waals surface area contributed by atoms with Crippen molar-refractivity contribution in [1.29, 1.82) is 0 Å². The van der Waals surface area contributed by atoms with E-state index in [-0.39, 0.29) is 5.91 Å². The number of carbonyl (C=O) groups excluding carboxylic acids is 1. The summed E-state index contributed by atoms with van der Waals surface area (Å²) in [4.78, 5) is 16.1. The van der Waals surface area contributed by atoms with Crippen molar-refractivity contribution in [2.75, 3.05) is 38.5 Å². The lowest BCUT2D eigenvalue weighted by molar-refractivity contribution is 0.0651. The zero-order chi connectivity index (χ0) is 14.7. The van der Waals surface area contributed by atoms with Crippen LogP contribution in [0.1, 0.15) is 15.9 Å². The Hall–Kier alpha value is -2.06. The minimum absolute atomic E-state index is 0.184. The molecule has 0 atom stereocenters. The van der Waals surface area contributed by atoms with Gasteiger partial charge in [-0.3, -0.25) is 9.69 Å². The molecule has 0 bridgehead atoms. The number of piperazine rings is 1. The second-order valence-corrected chi connectivity index (χ2v) is 4.94. The first-order valence-corrected chi connectivity index (χ1v) is 6.53. The Kier molecular flexibility index (Phi) is 4.26. The van der Waals surface area contributed by atoms with Gasteiger partial charge in [-0.05, 0) is 19.1 Å². The Morgan fingerprint density at radius 1 is 1.40 bits per heavy atom. The molecule has 1 aliphatic rings. The van der Waals surface area contributed by atoms with Gasteiger partial charge in [0.25, 0.3) is 5.91 Å². The molecule has 0 aliphatic carbocycles. The van der Waals surface area contributed by atoms with Crippen LogP contribution in [-0.2, 0) is 0 Å². The lowest BCUT2D eigenvalue weighted by atomic mass is 10.1. The standard InChI is InChI=1S/C15H18FN3O/c1-3-4-18-5-7-19(8-6-18)15(20)12-9-13(16)11(2)14(17)10-12/h1,9-10H,4-8,17H2,2H3. The highest BCUT2D eigenvalue weighted by Gasteiger charge is 2.22. The van der Waals surface area contributed by atoms with E-state index in [1.165, 1.54) is 12.1 Å². The molecule has 2 N–H and O–H groups in total. The smallest absolute Gasteiger partial charge is 0.254 e. The maximum absolute atomic E-state index is 13.6. The van der Waals surface area contributed by atoms with Crippen molar-refractivity contribution in [1.82, 2.24) is 9.80 Å². The van der Waals surface area contributed by atoms with Gasteiger partial charge in [-0.15, -0.1) is 6.42 Å². The summed E-state index contributed by atoms with van der Waals surface area (Å²) in [5, 5.41) is 0. The van der Waals surface area contributed by atoms with E-state index in [4.69, 9.17) is 12.2 Å². The van der Waals surface area contributed by atoms with Crippen LogP contribution in [0.5, 0.6) is 0 Å². The third-order valence-electron chi connectivity index (χ3n) is 3.61. The molecule has 1 aliphatic heterocycles. The van der Waals surface area contributed by atoms with Crippen LogP contribution in [-0.4, -0.2) is 48.4 Å². The molecule has 0 spiro atoms. The van der Waals surface area contributed by atoms with E-state index in [2.05, 4.69) is 10.8 Å². The van der Waals surface area contributed by atoms with Gasteiger partial charge < -0.3 is 10.6 Å². The van der Waals surface area contributed by atoms with Crippen molar-refractivity contribution < 1.29 is 9.18 Å². The Bertz CT molecular complexity index is 534. The number of anilines is 1. The lowest BCUT2D eigenvalue weighted by Crippen LogP contribution is -2.48. The Morgan fingerprint density at radius 3 is 2.60 bits per heavy atom. The molecular formula is C15H18FN3O. The molecule has 4 nitrogen and oxygen atoms in total. The van der Waals surface area contributed by atoms with Gasteiger partial charge in [0.05, 0.1) is 6.54 Å². The molecule has 2 rings (SSSR count). The predicted octanol–water partition coefficient (Wildman–Crippen LogP) is 1.11. The van der Waals surface area contributed by atoms with E-state index in [0.717, 1.165) is 13.1 Å². The van der Waals surface area contributed by atoms with Crippen LogP contribution < -0.4 is 5.73 Å².